The van der Waals surface area contributed by atoms with Crippen LogP contribution in [0.2, 0.25) is 0 Å². The third kappa shape index (κ3) is 7.81. The molecule has 0 aromatic heterocycles. The fourth-order valence-corrected chi connectivity index (χ4v) is 2.80. The minimum absolute atomic E-state index is 0.500. The maximum atomic E-state index is 3.66. The summed E-state index contributed by atoms with van der Waals surface area (Å²) >= 11 is 0. The van der Waals surface area contributed by atoms with Crippen LogP contribution in [-0.4, -0.2) is 13.1 Å². The summed E-state index contributed by atoms with van der Waals surface area (Å²) in [7, 11) is 0. The summed E-state index contributed by atoms with van der Waals surface area (Å²) in [6.07, 6.45) is 6.72. The molecule has 1 N–H and O–H groups in total. The van der Waals surface area contributed by atoms with Crippen molar-refractivity contribution in [2.24, 2.45) is 17.3 Å². The van der Waals surface area contributed by atoms with Crippen molar-refractivity contribution in [1.29, 1.82) is 0 Å². The number of hydrogen-bond donors (Lipinski definition) is 1. The molecule has 0 amide bonds. The van der Waals surface area contributed by atoms with Gasteiger partial charge in [0.15, 0.2) is 0 Å². The fraction of sp³-hybridized carbons (Fsp3) is 1.00. The molecule has 104 valence electrons. The average molecular weight is 241 g/mol. The Morgan fingerprint density at radius 1 is 1.06 bits per heavy atom. The molecule has 0 radical (unpaired) electrons. The van der Waals surface area contributed by atoms with Gasteiger partial charge in [0, 0.05) is 6.54 Å². The summed E-state index contributed by atoms with van der Waals surface area (Å²) in [4.78, 5) is 0. The third-order valence-corrected chi connectivity index (χ3v) is 3.89. The SMILES string of the molecule is CCCC(C)(CNCC(C)C)CC(CC)CC. The molecule has 0 spiro atoms. The average Bonchev–Trinajstić information content (AvgIpc) is 2.26. The van der Waals surface area contributed by atoms with E-state index in [0.717, 1.165) is 18.4 Å². The van der Waals surface area contributed by atoms with E-state index in [1.807, 2.05) is 0 Å². The highest BCUT2D eigenvalue weighted by Gasteiger charge is 2.25. The first-order chi connectivity index (χ1) is 7.97. The van der Waals surface area contributed by atoms with Crippen molar-refractivity contribution in [3.63, 3.8) is 0 Å². The Hall–Kier alpha value is -0.0400. The van der Waals surface area contributed by atoms with E-state index in [4.69, 9.17) is 0 Å². The van der Waals surface area contributed by atoms with Crippen molar-refractivity contribution in [1.82, 2.24) is 5.32 Å². The lowest BCUT2D eigenvalue weighted by Crippen LogP contribution is -2.35. The van der Waals surface area contributed by atoms with Gasteiger partial charge in [0.2, 0.25) is 0 Å². The van der Waals surface area contributed by atoms with Crippen molar-refractivity contribution in [2.45, 2.75) is 73.6 Å². The van der Waals surface area contributed by atoms with E-state index < -0.39 is 0 Å². The van der Waals surface area contributed by atoms with E-state index >= 15 is 0 Å². The Morgan fingerprint density at radius 3 is 2.06 bits per heavy atom. The van der Waals surface area contributed by atoms with Gasteiger partial charge in [-0.05, 0) is 36.6 Å². The second-order valence-electron chi connectivity index (χ2n) is 6.47. The zero-order valence-electron chi connectivity index (χ0n) is 13.1. The predicted molar refractivity (Wildman–Crippen MR) is 79.4 cm³/mol. The molecule has 0 rings (SSSR count). The van der Waals surface area contributed by atoms with Gasteiger partial charge in [0.25, 0.3) is 0 Å². The van der Waals surface area contributed by atoms with Gasteiger partial charge in [0.05, 0.1) is 0 Å². The Balaban J connectivity index is 4.23. The zero-order chi connectivity index (χ0) is 13.3. The molecule has 0 aromatic carbocycles. The van der Waals surface area contributed by atoms with Crippen molar-refractivity contribution in [3.05, 3.63) is 0 Å². The number of hydrogen-bond acceptors (Lipinski definition) is 1. The maximum absolute atomic E-state index is 3.66. The van der Waals surface area contributed by atoms with Gasteiger partial charge in [-0.15, -0.1) is 0 Å². The molecule has 0 aromatic rings. The lowest BCUT2D eigenvalue weighted by atomic mass is 9.76. The molecule has 0 aliphatic rings. The van der Waals surface area contributed by atoms with Crippen LogP contribution in [0.25, 0.3) is 0 Å². The van der Waals surface area contributed by atoms with Gasteiger partial charge in [0.1, 0.15) is 0 Å². The lowest BCUT2D eigenvalue weighted by Gasteiger charge is -2.33. The molecule has 0 saturated heterocycles. The largest absolute Gasteiger partial charge is 0.316 e. The maximum Gasteiger partial charge on any atom is 0.000537 e. The van der Waals surface area contributed by atoms with Crippen molar-refractivity contribution in [3.8, 4) is 0 Å². The monoisotopic (exact) mass is 241 g/mol. The highest BCUT2D eigenvalue weighted by Crippen LogP contribution is 2.33. The zero-order valence-corrected chi connectivity index (χ0v) is 13.1. The van der Waals surface area contributed by atoms with Gasteiger partial charge in [-0.1, -0.05) is 60.8 Å². The molecule has 1 unspecified atom stereocenters. The Labute approximate surface area is 110 Å². The molecule has 0 aliphatic carbocycles. The van der Waals surface area contributed by atoms with Crippen LogP contribution in [-0.2, 0) is 0 Å². The topological polar surface area (TPSA) is 12.0 Å². The third-order valence-electron chi connectivity index (χ3n) is 3.89. The fourth-order valence-electron chi connectivity index (χ4n) is 2.80. The molecule has 1 heteroatoms. The first kappa shape index (κ1) is 17.0. The quantitative estimate of drug-likeness (QED) is 0.575. The second-order valence-corrected chi connectivity index (χ2v) is 6.47. The summed E-state index contributed by atoms with van der Waals surface area (Å²) in [5, 5.41) is 3.66. The molecule has 0 aliphatic heterocycles. The van der Waals surface area contributed by atoms with Crippen molar-refractivity contribution in [2.75, 3.05) is 13.1 Å². The first-order valence-corrected chi connectivity index (χ1v) is 7.68. The van der Waals surface area contributed by atoms with Gasteiger partial charge < -0.3 is 5.32 Å². The van der Waals surface area contributed by atoms with Crippen LogP contribution in [0, 0.1) is 17.3 Å². The molecule has 1 nitrogen and oxygen atoms in total. The highest BCUT2D eigenvalue weighted by atomic mass is 14.9. The molecule has 1 atom stereocenters. The van der Waals surface area contributed by atoms with Gasteiger partial charge in [-0.3, -0.25) is 0 Å². The normalized spacial score (nSPS) is 15.5. The van der Waals surface area contributed by atoms with Crippen LogP contribution in [0.1, 0.15) is 73.6 Å². The van der Waals surface area contributed by atoms with E-state index in [1.165, 1.54) is 38.6 Å². The molecular formula is C16H35N. The van der Waals surface area contributed by atoms with Gasteiger partial charge >= 0.3 is 0 Å². The highest BCUT2D eigenvalue weighted by molar-refractivity contribution is 4.79. The van der Waals surface area contributed by atoms with E-state index in [0.29, 0.717) is 5.41 Å². The second kappa shape index (κ2) is 8.97. The molecule has 0 fully saturated rings. The van der Waals surface area contributed by atoms with E-state index in [2.05, 4.69) is 46.9 Å². The predicted octanol–water partition coefficient (Wildman–Crippen LogP) is 4.86. The Kier molecular flexibility index (Phi) is 8.94. The van der Waals surface area contributed by atoms with Crippen molar-refractivity contribution < 1.29 is 0 Å². The summed E-state index contributed by atoms with van der Waals surface area (Å²) in [6.45, 7) is 16.4. The van der Waals surface area contributed by atoms with Crippen LogP contribution in [0.3, 0.4) is 0 Å². The Bertz CT molecular complexity index is 172. The van der Waals surface area contributed by atoms with E-state index in [-0.39, 0.29) is 0 Å². The van der Waals surface area contributed by atoms with Crippen LogP contribution < -0.4 is 5.32 Å². The van der Waals surface area contributed by atoms with E-state index in [9.17, 15) is 0 Å². The summed E-state index contributed by atoms with van der Waals surface area (Å²) < 4.78 is 0. The van der Waals surface area contributed by atoms with E-state index in [1.54, 1.807) is 0 Å². The molecule has 0 saturated carbocycles. The van der Waals surface area contributed by atoms with Crippen LogP contribution in [0.15, 0.2) is 0 Å². The number of nitrogens with one attached hydrogen (secondary N) is 1. The van der Waals surface area contributed by atoms with Gasteiger partial charge in [-0.25, -0.2) is 0 Å². The summed E-state index contributed by atoms with van der Waals surface area (Å²) in [6, 6.07) is 0. The first-order valence-electron chi connectivity index (χ1n) is 7.68. The molecular weight excluding hydrogens is 206 g/mol. The van der Waals surface area contributed by atoms with Crippen LogP contribution in [0.5, 0.6) is 0 Å². The molecule has 17 heavy (non-hydrogen) atoms. The van der Waals surface area contributed by atoms with Crippen LogP contribution in [0.4, 0.5) is 0 Å². The number of rotatable bonds is 10. The summed E-state index contributed by atoms with van der Waals surface area (Å²) in [5.41, 5.74) is 0.500. The minimum Gasteiger partial charge on any atom is -0.316 e. The molecule has 0 heterocycles. The lowest BCUT2D eigenvalue weighted by molar-refractivity contribution is 0.201. The van der Waals surface area contributed by atoms with Gasteiger partial charge in [-0.2, -0.15) is 0 Å². The smallest absolute Gasteiger partial charge is 0.000537 e. The van der Waals surface area contributed by atoms with Crippen molar-refractivity contribution >= 4 is 0 Å². The minimum atomic E-state index is 0.500. The standard InChI is InChI=1S/C16H35N/c1-7-10-16(6,11-15(8-2)9-3)13-17-12-14(4)5/h14-15,17H,7-13H2,1-6H3. The summed E-state index contributed by atoms with van der Waals surface area (Å²) in [5.74, 6) is 1.67. The Morgan fingerprint density at radius 2 is 1.65 bits per heavy atom. The van der Waals surface area contributed by atoms with Crippen LogP contribution >= 0.6 is 0 Å². The molecule has 0 bridgehead atoms.